The first kappa shape index (κ1) is 15.3. The van der Waals surface area contributed by atoms with Crippen molar-refractivity contribution >= 4 is 0 Å². The maximum atomic E-state index is 6.29. The lowest BCUT2D eigenvalue weighted by Crippen LogP contribution is -2.55. The van der Waals surface area contributed by atoms with Crippen LogP contribution in [0.5, 0.6) is 0 Å². The van der Waals surface area contributed by atoms with E-state index in [0.29, 0.717) is 17.4 Å². The third-order valence-corrected chi connectivity index (χ3v) is 5.69. The van der Waals surface area contributed by atoms with Crippen molar-refractivity contribution in [3.63, 3.8) is 0 Å². The zero-order valence-electron chi connectivity index (χ0n) is 13.4. The minimum Gasteiger partial charge on any atom is -0.369 e. The van der Waals surface area contributed by atoms with Crippen molar-refractivity contribution in [3.8, 4) is 0 Å². The van der Waals surface area contributed by atoms with Gasteiger partial charge in [0.05, 0.1) is 11.2 Å². The zero-order chi connectivity index (χ0) is 14.3. The number of hydrogen-bond acceptors (Lipinski definition) is 3. The Labute approximate surface area is 118 Å². The molecule has 0 amide bonds. The summed E-state index contributed by atoms with van der Waals surface area (Å²) < 4.78 is 6.29. The van der Waals surface area contributed by atoms with Crippen LogP contribution in [0.1, 0.15) is 73.1 Å². The third-order valence-electron chi connectivity index (χ3n) is 5.69. The van der Waals surface area contributed by atoms with Gasteiger partial charge in [0.25, 0.3) is 0 Å². The minimum absolute atomic E-state index is 0.0310. The smallest absolute Gasteiger partial charge is 0.0678 e. The van der Waals surface area contributed by atoms with E-state index in [1.165, 1.54) is 32.1 Å². The minimum atomic E-state index is -0.0920. The number of ether oxygens (including phenoxy) is 1. The van der Waals surface area contributed by atoms with Gasteiger partial charge in [-0.2, -0.15) is 0 Å². The molecule has 1 heterocycles. The molecule has 0 spiro atoms. The standard InChI is InChI=1S/C16H32N2O/c1-6-16(9-7-8-10-16)13(18-17)12-11-14(2,3)19-15(12,4)5/h12-13,18H,6-11,17H2,1-5H3. The topological polar surface area (TPSA) is 47.3 Å². The predicted octanol–water partition coefficient (Wildman–Crippen LogP) is 3.38. The summed E-state index contributed by atoms with van der Waals surface area (Å²) in [6, 6.07) is 0.372. The molecule has 1 saturated carbocycles. The van der Waals surface area contributed by atoms with E-state index in [1.807, 2.05) is 0 Å². The first-order valence-corrected chi connectivity index (χ1v) is 7.93. The van der Waals surface area contributed by atoms with Crippen molar-refractivity contribution in [2.45, 2.75) is 90.4 Å². The molecule has 2 rings (SSSR count). The summed E-state index contributed by atoms with van der Waals surface area (Å²) in [6.07, 6.45) is 7.63. The lowest BCUT2D eigenvalue weighted by atomic mass is 9.66. The highest BCUT2D eigenvalue weighted by Crippen LogP contribution is 2.52. The Morgan fingerprint density at radius 3 is 2.16 bits per heavy atom. The maximum absolute atomic E-state index is 6.29. The molecule has 19 heavy (non-hydrogen) atoms. The summed E-state index contributed by atoms with van der Waals surface area (Å²) in [5.74, 6) is 6.49. The SMILES string of the molecule is CCC1(C(NN)C2CC(C)(C)OC2(C)C)CCCC1. The van der Waals surface area contributed by atoms with Crippen LogP contribution in [0.4, 0.5) is 0 Å². The first-order valence-electron chi connectivity index (χ1n) is 7.93. The number of hydrazine groups is 1. The van der Waals surface area contributed by atoms with Crippen LogP contribution < -0.4 is 11.3 Å². The quantitative estimate of drug-likeness (QED) is 0.607. The van der Waals surface area contributed by atoms with E-state index in [2.05, 4.69) is 40.0 Å². The molecule has 2 unspecified atom stereocenters. The number of nitrogens with one attached hydrogen (secondary N) is 1. The van der Waals surface area contributed by atoms with E-state index in [0.717, 1.165) is 6.42 Å². The molecule has 0 bridgehead atoms. The molecule has 2 atom stereocenters. The molecule has 3 heteroatoms. The van der Waals surface area contributed by atoms with Crippen LogP contribution in [0.25, 0.3) is 0 Å². The molecule has 0 aromatic carbocycles. The van der Waals surface area contributed by atoms with E-state index in [1.54, 1.807) is 0 Å². The van der Waals surface area contributed by atoms with Crippen LogP contribution in [0.2, 0.25) is 0 Å². The number of rotatable bonds is 4. The van der Waals surface area contributed by atoms with Crippen molar-refractivity contribution in [1.29, 1.82) is 0 Å². The molecule has 1 aliphatic heterocycles. The van der Waals surface area contributed by atoms with Gasteiger partial charge in [-0.3, -0.25) is 11.3 Å². The predicted molar refractivity (Wildman–Crippen MR) is 79.7 cm³/mol. The average molecular weight is 268 g/mol. The average Bonchev–Trinajstić information content (AvgIpc) is 2.84. The second kappa shape index (κ2) is 5.01. The molecule has 2 fully saturated rings. The van der Waals surface area contributed by atoms with Gasteiger partial charge >= 0.3 is 0 Å². The van der Waals surface area contributed by atoms with Crippen LogP contribution in [0, 0.1) is 11.3 Å². The molecule has 0 aromatic rings. The van der Waals surface area contributed by atoms with Gasteiger partial charge in [0.1, 0.15) is 0 Å². The Kier molecular flexibility index (Phi) is 4.03. The van der Waals surface area contributed by atoms with Crippen LogP contribution in [-0.2, 0) is 4.74 Å². The Morgan fingerprint density at radius 2 is 1.79 bits per heavy atom. The van der Waals surface area contributed by atoms with Gasteiger partial charge < -0.3 is 4.74 Å². The van der Waals surface area contributed by atoms with E-state index < -0.39 is 0 Å². The van der Waals surface area contributed by atoms with Gasteiger partial charge in [0, 0.05) is 12.0 Å². The summed E-state index contributed by atoms with van der Waals surface area (Å²) in [4.78, 5) is 0. The molecule has 0 radical (unpaired) electrons. The summed E-state index contributed by atoms with van der Waals surface area (Å²) >= 11 is 0. The normalized spacial score (nSPS) is 33.5. The van der Waals surface area contributed by atoms with Crippen molar-refractivity contribution in [1.82, 2.24) is 5.43 Å². The summed E-state index contributed by atoms with van der Waals surface area (Å²) in [6.45, 7) is 11.2. The Morgan fingerprint density at radius 1 is 1.21 bits per heavy atom. The van der Waals surface area contributed by atoms with Crippen molar-refractivity contribution in [2.75, 3.05) is 0 Å². The van der Waals surface area contributed by atoms with E-state index in [4.69, 9.17) is 10.6 Å². The molecule has 1 aliphatic carbocycles. The highest BCUT2D eigenvalue weighted by atomic mass is 16.5. The first-order chi connectivity index (χ1) is 8.76. The van der Waals surface area contributed by atoms with Gasteiger partial charge in [-0.1, -0.05) is 19.8 Å². The molecule has 1 saturated heterocycles. The van der Waals surface area contributed by atoms with Crippen LogP contribution in [0.3, 0.4) is 0 Å². The lowest BCUT2D eigenvalue weighted by molar-refractivity contribution is -0.0834. The molecule has 3 N–H and O–H groups in total. The number of hydrogen-bond donors (Lipinski definition) is 2. The molecular weight excluding hydrogens is 236 g/mol. The third kappa shape index (κ3) is 2.70. The van der Waals surface area contributed by atoms with Crippen LogP contribution in [-0.4, -0.2) is 17.2 Å². The fourth-order valence-electron chi connectivity index (χ4n) is 4.81. The highest BCUT2D eigenvalue weighted by Gasteiger charge is 2.54. The second-order valence-corrected chi connectivity index (χ2v) is 7.84. The van der Waals surface area contributed by atoms with E-state index in [-0.39, 0.29) is 11.2 Å². The van der Waals surface area contributed by atoms with Crippen LogP contribution in [0.15, 0.2) is 0 Å². The molecule has 0 aromatic heterocycles. The lowest BCUT2D eigenvalue weighted by Gasteiger charge is -2.43. The van der Waals surface area contributed by atoms with E-state index in [9.17, 15) is 0 Å². The number of nitrogens with two attached hydrogens (primary N) is 1. The van der Waals surface area contributed by atoms with Gasteiger partial charge in [-0.25, -0.2) is 0 Å². The highest BCUT2D eigenvalue weighted by molar-refractivity contribution is 5.05. The molecule has 2 aliphatic rings. The molecule has 112 valence electrons. The summed E-state index contributed by atoms with van der Waals surface area (Å²) in [5, 5.41) is 0. The Hall–Kier alpha value is -0.120. The maximum Gasteiger partial charge on any atom is 0.0678 e. The van der Waals surface area contributed by atoms with Crippen molar-refractivity contribution in [2.24, 2.45) is 17.2 Å². The van der Waals surface area contributed by atoms with Crippen LogP contribution >= 0.6 is 0 Å². The fraction of sp³-hybridized carbons (Fsp3) is 1.00. The summed E-state index contributed by atoms with van der Waals surface area (Å²) in [5.41, 5.74) is 3.44. The van der Waals surface area contributed by atoms with Crippen molar-refractivity contribution < 1.29 is 4.74 Å². The molecule has 3 nitrogen and oxygen atoms in total. The van der Waals surface area contributed by atoms with Gasteiger partial charge in [-0.15, -0.1) is 0 Å². The monoisotopic (exact) mass is 268 g/mol. The largest absolute Gasteiger partial charge is 0.369 e. The summed E-state index contributed by atoms with van der Waals surface area (Å²) in [7, 11) is 0. The molecular formula is C16H32N2O. The Balaban J connectivity index is 2.27. The zero-order valence-corrected chi connectivity index (χ0v) is 13.4. The second-order valence-electron chi connectivity index (χ2n) is 7.84. The Bertz CT molecular complexity index is 319. The van der Waals surface area contributed by atoms with Gasteiger partial charge in [0.15, 0.2) is 0 Å². The fourth-order valence-corrected chi connectivity index (χ4v) is 4.81. The van der Waals surface area contributed by atoms with Gasteiger partial charge in [-0.05, 0) is 58.8 Å². The van der Waals surface area contributed by atoms with Gasteiger partial charge in [0.2, 0.25) is 0 Å². The van der Waals surface area contributed by atoms with Crippen molar-refractivity contribution in [3.05, 3.63) is 0 Å². The van der Waals surface area contributed by atoms with E-state index >= 15 is 0 Å².